The number of hydrogen-bond acceptors (Lipinski definition) is 3. The zero-order chi connectivity index (χ0) is 40.3. The van der Waals surface area contributed by atoms with E-state index in [2.05, 4.69) is 205 Å². The molecule has 61 heavy (non-hydrogen) atoms. The van der Waals surface area contributed by atoms with Gasteiger partial charge in [0, 0.05) is 44.0 Å². The zero-order valence-electron chi connectivity index (χ0n) is 33.1. The maximum Gasteiger partial charge on any atom is 0.143 e. The lowest BCUT2D eigenvalue weighted by molar-refractivity contribution is 0.669. The summed E-state index contributed by atoms with van der Waals surface area (Å²) in [6, 6.07) is 80.0. The Bertz CT molecular complexity index is 3610. The van der Waals surface area contributed by atoms with E-state index in [1.807, 2.05) is 24.3 Å². The lowest BCUT2D eigenvalue weighted by Crippen LogP contribution is -2.11. The Morgan fingerprint density at radius 3 is 1.66 bits per heavy atom. The summed E-state index contributed by atoms with van der Waals surface area (Å²) in [6.07, 6.45) is 0. The van der Waals surface area contributed by atoms with Crippen LogP contribution in [-0.4, -0.2) is 0 Å². The molecule has 12 aromatic rings. The lowest BCUT2D eigenvalue weighted by atomic mass is 9.93. The number of fused-ring (bicyclic) bond motifs is 7. The van der Waals surface area contributed by atoms with Crippen molar-refractivity contribution in [1.29, 1.82) is 0 Å². The van der Waals surface area contributed by atoms with Crippen molar-refractivity contribution in [3.05, 3.63) is 224 Å². The molecule has 3 heteroatoms. The summed E-state index contributed by atoms with van der Waals surface area (Å²) in [5, 5.41) is 6.95. The molecule has 0 fully saturated rings. The summed E-state index contributed by atoms with van der Waals surface area (Å²) < 4.78 is 12.9. The Kier molecular flexibility index (Phi) is 8.17. The molecule has 0 saturated heterocycles. The van der Waals surface area contributed by atoms with Crippen LogP contribution >= 0.6 is 0 Å². The zero-order valence-corrected chi connectivity index (χ0v) is 33.1. The molecule has 0 aliphatic heterocycles. The third-order valence-corrected chi connectivity index (χ3v) is 12.1. The van der Waals surface area contributed by atoms with E-state index in [9.17, 15) is 0 Å². The van der Waals surface area contributed by atoms with Crippen molar-refractivity contribution in [3.8, 4) is 44.5 Å². The van der Waals surface area contributed by atoms with E-state index in [1.165, 1.54) is 27.5 Å². The number of furan rings is 2. The fourth-order valence-corrected chi connectivity index (χ4v) is 9.15. The van der Waals surface area contributed by atoms with E-state index in [0.29, 0.717) is 0 Å². The van der Waals surface area contributed by atoms with Crippen LogP contribution in [0.5, 0.6) is 0 Å². The second-order valence-electron chi connectivity index (χ2n) is 15.6. The van der Waals surface area contributed by atoms with Gasteiger partial charge in [-0.05, 0) is 105 Å². The number of benzene rings is 10. The number of anilines is 3. The molecule has 0 bridgehead atoms. The summed E-state index contributed by atoms with van der Waals surface area (Å²) >= 11 is 0. The summed E-state index contributed by atoms with van der Waals surface area (Å²) in [5.74, 6) is 0. The molecular formula is C58H37NO2. The average molecular weight is 780 g/mol. The molecule has 10 aromatic carbocycles. The average Bonchev–Trinajstić information content (AvgIpc) is 3.90. The highest BCUT2D eigenvalue weighted by Crippen LogP contribution is 2.45. The Morgan fingerprint density at radius 1 is 0.279 bits per heavy atom. The predicted octanol–water partition coefficient (Wildman–Crippen LogP) is 16.8. The van der Waals surface area contributed by atoms with Crippen molar-refractivity contribution >= 4 is 71.7 Å². The summed E-state index contributed by atoms with van der Waals surface area (Å²) in [4.78, 5) is 2.38. The van der Waals surface area contributed by atoms with Crippen molar-refractivity contribution in [1.82, 2.24) is 0 Å². The van der Waals surface area contributed by atoms with Gasteiger partial charge >= 0.3 is 0 Å². The van der Waals surface area contributed by atoms with E-state index < -0.39 is 0 Å². The monoisotopic (exact) mass is 779 g/mol. The number of nitrogens with zero attached hydrogens (tertiary/aromatic N) is 1. The van der Waals surface area contributed by atoms with E-state index in [1.54, 1.807) is 0 Å². The minimum absolute atomic E-state index is 0.872. The van der Waals surface area contributed by atoms with Crippen LogP contribution in [0.2, 0.25) is 0 Å². The fraction of sp³-hybridized carbons (Fsp3) is 0. The van der Waals surface area contributed by atoms with Crippen LogP contribution in [0.15, 0.2) is 233 Å². The van der Waals surface area contributed by atoms with Gasteiger partial charge in [0.15, 0.2) is 0 Å². The van der Waals surface area contributed by atoms with Gasteiger partial charge in [0.25, 0.3) is 0 Å². The van der Waals surface area contributed by atoms with Gasteiger partial charge < -0.3 is 13.7 Å². The maximum absolute atomic E-state index is 6.47. The molecule has 0 saturated carbocycles. The van der Waals surface area contributed by atoms with Crippen LogP contribution in [0.1, 0.15) is 0 Å². The van der Waals surface area contributed by atoms with E-state index in [-0.39, 0.29) is 0 Å². The molecule has 0 unspecified atom stereocenters. The highest BCUT2D eigenvalue weighted by molar-refractivity contribution is 6.10. The Labute approximate surface area is 353 Å². The van der Waals surface area contributed by atoms with Gasteiger partial charge in [0.05, 0.1) is 5.69 Å². The number of hydrogen-bond donors (Lipinski definition) is 0. The quantitative estimate of drug-likeness (QED) is 0.161. The summed E-state index contributed by atoms with van der Waals surface area (Å²) in [5.41, 5.74) is 15.8. The van der Waals surface area contributed by atoms with Gasteiger partial charge in [-0.3, -0.25) is 0 Å². The van der Waals surface area contributed by atoms with Gasteiger partial charge in [0.1, 0.15) is 22.3 Å². The number of rotatable bonds is 7. The van der Waals surface area contributed by atoms with Crippen LogP contribution in [-0.2, 0) is 0 Å². The van der Waals surface area contributed by atoms with Gasteiger partial charge in [-0.1, -0.05) is 164 Å². The van der Waals surface area contributed by atoms with Crippen molar-refractivity contribution in [2.75, 3.05) is 4.90 Å². The summed E-state index contributed by atoms with van der Waals surface area (Å²) in [7, 11) is 0. The van der Waals surface area contributed by atoms with E-state index in [0.717, 1.165) is 88.8 Å². The van der Waals surface area contributed by atoms with Crippen LogP contribution in [0.4, 0.5) is 17.1 Å². The fourth-order valence-electron chi connectivity index (χ4n) is 9.15. The molecule has 0 spiro atoms. The topological polar surface area (TPSA) is 29.5 Å². The first kappa shape index (κ1) is 34.9. The van der Waals surface area contributed by atoms with Crippen molar-refractivity contribution in [3.63, 3.8) is 0 Å². The molecule has 2 heterocycles. The lowest BCUT2D eigenvalue weighted by Gasteiger charge is -2.28. The first-order valence-corrected chi connectivity index (χ1v) is 20.7. The summed E-state index contributed by atoms with van der Waals surface area (Å²) in [6.45, 7) is 0. The molecular weight excluding hydrogens is 743 g/mol. The second-order valence-corrected chi connectivity index (χ2v) is 15.6. The Hall–Kier alpha value is -8.14. The molecule has 12 rings (SSSR count). The maximum atomic E-state index is 6.47. The van der Waals surface area contributed by atoms with Crippen LogP contribution in [0.25, 0.3) is 99.2 Å². The Morgan fingerprint density at radius 2 is 0.836 bits per heavy atom. The molecule has 2 aromatic heterocycles. The highest BCUT2D eigenvalue weighted by atomic mass is 16.3. The van der Waals surface area contributed by atoms with Gasteiger partial charge in [-0.15, -0.1) is 0 Å². The van der Waals surface area contributed by atoms with Crippen LogP contribution in [0, 0.1) is 0 Å². The second kappa shape index (κ2) is 14.3. The number of para-hydroxylation sites is 4. The van der Waals surface area contributed by atoms with Crippen LogP contribution < -0.4 is 4.90 Å². The van der Waals surface area contributed by atoms with Crippen molar-refractivity contribution in [2.24, 2.45) is 0 Å². The molecule has 0 aliphatic carbocycles. The normalized spacial score (nSPS) is 11.6. The van der Waals surface area contributed by atoms with E-state index in [4.69, 9.17) is 8.83 Å². The Balaban J connectivity index is 1.02. The molecule has 0 amide bonds. The van der Waals surface area contributed by atoms with Crippen molar-refractivity contribution < 1.29 is 8.83 Å². The van der Waals surface area contributed by atoms with Crippen LogP contribution in [0.3, 0.4) is 0 Å². The SMILES string of the molecule is c1cc(-c2ccccc2-c2ccc3ccccc3c2)cc(N(c2ccc(-c3cccc4c3oc3ccccc34)cc2)c2ccccc2-c2ccc3c(c2)oc2ccccc23)c1. The third kappa shape index (κ3) is 5.98. The molecule has 0 aliphatic rings. The van der Waals surface area contributed by atoms with E-state index >= 15 is 0 Å². The molecule has 0 N–H and O–H groups in total. The molecule has 0 radical (unpaired) electrons. The largest absolute Gasteiger partial charge is 0.456 e. The minimum Gasteiger partial charge on any atom is -0.456 e. The van der Waals surface area contributed by atoms with Crippen molar-refractivity contribution in [2.45, 2.75) is 0 Å². The molecule has 286 valence electrons. The first-order valence-electron chi connectivity index (χ1n) is 20.7. The molecule has 0 atom stereocenters. The third-order valence-electron chi connectivity index (χ3n) is 12.1. The van der Waals surface area contributed by atoms with Gasteiger partial charge in [-0.25, -0.2) is 0 Å². The minimum atomic E-state index is 0.872. The first-order chi connectivity index (χ1) is 30.2. The van der Waals surface area contributed by atoms with Gasteiger partial charge in [0.2, 0.25) is 0 Å². The predicted molar refractivity (Wildman–Crippen MR) is 255 cm³/mol. The molecule has 3 nitrogen and oxygen atoms in total. The standard InChI is InChI=1S/C58H37NO2/c1-2-14-40-35-42(28-27-38(40)13-1)47-18-4-3-17-46(47)41-15-11-16-45(36-41)59(44-32-29-39(30-33-44)49-22-12-23-53-51-21-7-10-26-56(51)61-58(49)53)54-24-8-5-19-48(54)43-31-34-52-50-20-6-9-25-55(50)60-57(52)37-43/h1-37H. The smallest absolute Gasteiger partial charge is 0.143 e. The van der Waals surface area contributed by atoms with Gasteiger partial charge in [-0.2, -0.15) is 0 Å². The highest BCUT2D eigenvalue weighted by Gasteiger charge is 2.20.